The van der Waals surface area contributed by atoms with Gasteiger partial charge in [-0.25, -0.2) is 0 Å². The second-order valence-electron chi connectivity index (χ2n) is 3.64. The summed E-state index contributed by atoms with van der Waals surface area (Å²) in [7, 11) is -3.47. The molecule has 2 rings (SSSR count). The quantitative estimate of drug-likeness (QED) is 0.530. The summed E-state index contributed by atoms with van der Waals surface area (Å²) < 4.78 is 31.9. The normalized spacial score (nSPS) is 42.7. The van der Waals surface area contributed by atoms with Crippen LogP contribution in [-0.4, -0.2) is 57.3 Å². The highest BCUT2D eigenvalue weighted by Crippen LogP contribution is 2.25. The van der Waals surface area contributed by atoms with Crippen molar-refractivity contribution in [3.05, 3.63) is 0 Å². The Balaban J connectivity index is 2.04. The van der Waals surface area contributed by atoms with E-state index in [1.807, 2.05) is 0 Å². The predicted octanol–water partition coefficient (Wildman–Crippen LogP) is -1.94. The summed E-state index contributed by atoms with van der Waals surface area (Å²) >= 11 is 0. The van der Waals surface area contributed by atoms with Crippen LogP contribution in [0.2, 0.25) is 0 Å². The number of rotatable bonds is 2. The van der Waals surface area contributed by atoms with Crippen molar-refractivity contribution in [3.63, 3.8) is 0 Å². The molecule has 2 aliphatic rings. The molecule has 4 unspecified atom stereocenters. The van der Waals surface area contributed by atoms with Gasteiger partial charge in [0.2, 0.25) is 0 Å². The first-order chi connectivity index (χ1) is 6.47. The van der Waals surface area contributed by atoms with Gasteiger partial charge >= 0.3 is 0 Å². The van der Waals surface area contributed by atoms with Gasteiger partial charge < -0.3 is 15.2 Å². The standard InChI is InChI=1S/C7H13NO5S/c1-14(10,11)13-5-2-8-6-4(9)3-12-7(5)6/h4-9H,2-3H2,1H3. The van der Waals surface area contributed by atoms with Crippen LogP contribution < -0.4 is 5.32 Å². The molecule has 0 bridgehead atoms. The zero-order valence-electron chi connectivity index (χ0n) is 7.71. The van der Waals surface area contributed by atoms with E-state index in [0.717, 1.165) is 6.26 Å². The summed E-state index contributed by atoms with van der Waals surface area (Å²) in [4.78, 5) is 0. The second kappa shape index (κ2) is 3.42. The minimum Gasteiger partial charge on any atom is -0.389 e. The van der Waals surface area contributed by atoms with Crippen LogP contribution in [0, 0.1) is 0 Å². The SMILES string of the molecule is CS(=O)(=O)OC1CNC2C(O)COC12. The Morgan fingerprint density at radius 1 is 1.57 bits per heavy atom. The van der Waals surface area contributed by atoms with Gasteiger partial charge in [0, 0.05) is 6.54 Å². The summed E-state index contributed by atoms with van der Waals surface area (Å²) in [5.74, 6) is 0. The van der Waals surface area contributed by atoms with Gasteiger partial charge in [0.05, 0.1) is 25.0 Å². The zero-order chi connectivity index (χ0) is 10.3. The molecule has 6 nitrogen and oxygen atoms in total. The largest absolute Gasteiger partial charge is 0.389 e. The Kier molecular flexibility index (Phi) is 2.52. The molecular weight excluding hydrogens is 210 g/mol. The summed E-state index contributed by atoms with van der Waals surface area (Å²) in [6, 6.07) is -0.207. The molecule has 2 heterocycles. The summed E-state index contributed by atoms with van der Waals surface area (Å²) in [6.45, 7) is 0.616. The van der Waals surface area contributed by atoms with Crippen molar-refractivity contribution in [2.24, 2.45) is 0 Å². The first-order valence-electron chi connectivity index (χ1n) is 4.39. The van der Waals surface area contributed by atoms with Gasteiger partial charge in [-0.3, -0.25) is 4.18 Å². The Bertz CT molecular complexity index is 316. The smallest absolute Gasteiger partial charge is 0.264 e. The molecule has 82 valence electrons. The van der Waals surface area contributed by atoms with Crippen molar-refractivity contribution in [2.45, 2.75) is 24.4 Å². The number of ether oxygens (including phenoxy) is 1. The molecular formula is C7H13NO5S. The van der Waals surface area contributed by atoms with E-state index in [-0.39, 0.29) is 18.8 Å². The second-order valence-corrected chi connectivity index (χ2v) is 5.24. The van der Waals surface area contributed by atoms with Gasteiger partial charge in [-0.05, 0) is 0 Å². The molecule has 0 aromatic heterocycles. The van der Waals surface area contributed by atoms with Gasteiger partial charge in [0.15, 0.2) is 0 Å². The fourth-order valence-electron chi connectivity index (χ4n) is 1.91. The predicted molar refractivity (Wildman–Crippen MR) is 47.3 cm³/mol. The molecule has 0 saturated carbocycles. The van der Waals surface area contributed by atoms with Crippen molar-refractivity contribution in [1.29, 1.82) is 0 Å². The third kappa shape index (κ3) is 1.91. The Labute approximate surface area is 82.3 Å². The lowest BCUT2D eigenvalue weighted by atomic mass is 10.1. The van der Waals surface area contributed by atoms with E-state index < -0.39 is 22.3 Å². The van der Waals surface area contributed by atoms with E-state index in [1.165, 1.54) is 0 Å². The molecule has 4 atom stereocenters. The maximum absolute atomic E-state index is 10.9. The van der Waals surface area contributed by atoms with Crippen molar-refractivity contribution in [1.82, 2.24) is 5.32 Å². The number of hydrogen-bond donors (Lipinski definition) is 2. The van der Waals surface area contributed by atoms with Gasteiger partial charge in [0.1, 0.15) is 12.2 Å². The van der Waals surface area contributed by atoms with E-state index in [2.05, 4.69) is 5.32 Å². The van der Waals surface area contributed by atoms with Crippen molar-refractivity contribution in [3.8, 4) is 0 Å². The first-order valence-corrected chi connectivity index (χ1v) is 6.20. The highest BCUT2D eigenvalue weighted by atomic mass is 32.2. The number of aliphatic hydroxyl groups is 1. The molecule has 0 amide bonds. The van der Waals surface area contributed by atoms with Crippen LogP contribution in [0.15, 0.2) is 0 Å². The van der Waals surface area contributed by atoms with Gasteiger partial charge in [-0.15, -0.1) is 0 Å². The number of hydrogen-bond acceptors (Lipinski definition) is 6. The van der Waals surface area contributed by atoms with Gasteiger partial charge in [0.25, 0.3) is 10.1 Å². The first kappa shape index (κ1) is 10.3. The molecule has 0 radical (unpaired) electrons. The van der Waals surface area contributed by atoms with Crippen LogP contribution in [0.5, 0.6) is 0 Å². The highest BCUT2D eigenvalue weighted by Gasteiger charge is 2.47. The van der Waals surface area contributed by atoms with E-state index in [4.69, 9.17) is 8.92 Å². The Hall–Kier alpha value is -0.210. The molecule has 14 heavy (non-hydrogen) atoms. The monoisotopic (exact) mass is 223 g/mol. The van der Waals surface area contributed by atoms with Crippen LogP contribution in [-0.2, 0) is 19.0 Å². The Morgan fingerprint density at radius 3 is 2.93 bits per heavy atom. The molecule has 2 N–H and O–H groups in total. The van der Waals surface area contributed by atoms with Crippen LogP contribution in [0.3, 0.4) is 0 Å². The highest BCUT2D eigenvalue weighted by molar-refractivity contribution is 7.86. The fourth-order valence-corrected chi connectivity index (χ4v) is 2.54. The fraction of sp³-hybridized carbons (Fsp3) is 1.00. The molecule has 7 heteroatoms. The Morgan fingerprint density at radius 2 is 2.29 bits per heavy atom. The van der Waals surface area contributed by atoms with E-state index in [0.29, 0.717) is 6.54 Å². The maximum atomic E-state index is 10.9. The van der Waals surface area contributed by atoms with Crippen LogP contribution in [0.4, 0.5) is 0 Å². The summed E-state index contributed by atoms with van der Waals surface area (Å²) in [5.41, 5.74) is 0. The van der Waals surface area contributed by atoms with E-state index >= 15 is 0 Å². The zero-order valence-corrected chi connectivity index (χ0v) is 8.53. The summed E-state index contributed by atoms with van der Waals surface area (Å²) in [6.07, 6.45) is -0.453. The average molecular weight is 223 g/mol. The topological polar surface area (TPSA) is 84.9 Å². The lowest BCUT2D eigenvalue weighted by molar-refractivity contribution is 0.0282. The lowest BCUT2D eigenvalue weighted by Crippen LogP contribution is -2.37. The minimum absolute atomic E-state index is 0.207. The maximum Gasteiger partial charge on any atom is 0.264 e. The molecule has 0 aromatic carbocycles. The van der Waals surface area contributed by atoms with Crippen LogP contribution in [0.25, 0.3) is 0 Å². The number of aliphatic hydroxyl groups excluding tert-OH is 1. The number of nitrogens with one attached hydrogen (secondary N) is 1. The van der Waals surface area contributed by atoms with Crippen LogP contribution in [0.1, 0.15) is 0 Å². The van der Waals surface area contributed by atoms with Crippen LogP contribution >= 0.6 is 0 Å². The lowest BCUT2D eigenvalue weighted by Gasteiger charge is -2.15. The number of fused-ring (bicyclic) bond motifs is 1. The van der Waals surface area contributed by atoms with Gasteiger partial charge in [-0.2, -0.15) is 8.42 Å². The van der Waals surface area contributed by atoms with Gasteiger partial charge in [-0.1, -0.05) is 0 Å². The molecule has 2 saturated heterocycles. The third-order valence-electron chi connectivity index (χ3n) is 2.45. The molecule has 0 aromatic rings. The molecule has 2 aliphatic heterocycles. The van der Waals surface area contributed by atoms with Crippen molar-refractivity contribution < 1.29 is 22.4 Å². The minimum atomic E-state index is -3.47. The molecule has 2 fully saturated rings. The van der Waals surface area contributed by atoms with E-state index in [1.54, 1.807) is 0 Å². The molecule has 0 spiro atoms. The third-order valence-corrected chi connectivity index (χ3v) is 3.04. The van der Waals surface area contributed by atoms with E-state index in [9.17, 15) is 13.5 Å². The van der Waals surface area contributed by atoms with Crippen molar-refractivity contribution in [2.75, 3.05) is 19.4 Å². The average Bonchev–Trinajstić information content (AvgIpc) is 2.55. The molecule has 0 aliphatic carbocycles. The summed E-state index contributed by atoms with van der Waals surface area (Å²) in [5, 5.41) is 12.4. The van der Waals surface area contributed by atoms with Crippen molar-refractivity contribution >= 4 is 10.1 Å².